The molecule has 0 radical (unpaired) electrons. The van der Waals surface area contributed by atoms with Crippen molar-refractivity contribution in [2.75, 3.05) is 0 Å². The van der Waals surface area contributed by atoms with E-state index in [0.29, 0.717) is 22.3 Å². The van der Waals surface area contributed by atoms with Crippen molar-refractivity contribution in [1.29, 1.82) is 0 Å². The third kappa shape index (κ3) is 2.47. The van der Waals surface area contributed by atoms with Crippen LogP contribution in [-0.4, -0.2) is 16.0 Å². The number of hydrogen-bond donors (Lipinski definition) is 2. The lowest BCUT2D eigenvalue weighted by Gasteiger charge is -2.07. The molecule has 0 heterocycles. The fourth-order valence-electron chi connectivity index (χ4n) is 1.82. The molecule has 0 aromatic heterocycles. The molecule has 0 saturated heterocycles. The molecule has 2 aromatic carbocycles. The van der Waals surface area contributed by atoms with Gasteiger partial charge < -0.3 is 10.2 Å². The van der Waals surface area contributed by atoms with E-state index in [2.05, 4.69) is 0 Å². The van der Waals surface area contributed by atoms with E-state index in [0.717, 1.165) is 0 Å². The molecule has 0 aliphatic carbocycles. The number of benzene rings is 2. The summed E-state index contributed by atoms with van der Waals surface area (Å²) in [5.74, 6) is -0.0882. The lowest BCUT2D eigenvalue weighted by Crippen LogP contribution is -2.04. The highest BCUT2D eigenvalue weighted by molar-refractivity contribution is 6.09. The van der Waals surface area contributed by atoms with Gasteiger partial charge in [0, 0.05) is 11.1 Å². The molecule has 0 fully saturated rings. The number of carbonyl (C=O) groups excluding carboxylic acids is 1. The van der Waals surface area contributed by atoms with Crippen molar-refractivity contribution < 1.29 is 15.0 Å². The van der Waals surface area contributed by atoms with Crippen molar-refractivity contribution in [3.8, 4) is 0 Å². The largest absolute Gasteiger partial charge is 0.392 e. The van der Waals surface area contributed by atoms with Crippen molar-refractivity contribution in [3.63, 3.8) is 0 Å². The van der Waals surface area contributed by atoms with Crippen LogP contribution in [0.4, 0.5) is 0 Å². The van der Waals surface area contributed by atoms with E-state index in [4.69, 9.17) is 5.11 Å². The molecule has 18 heavy (non-hydrogen) atoms. The molecule has 2 rings (SSSR count). The monoisotopic (exact) mass is 242 g/mol. The van der Waals surface area contributed by atoms with E-state index in [1.54, 1.807) is 30.3 Å². The zero-order chi connectivity index (χ0) is 13.0. The maximum Gasteiger partial charge on any atom is 0.193 e. The van der Waals surface area contributed by atoms with Crippen LogP contribution in [-0.2, 0) is 13.2 Å². The number of hydrogen-bond acceptors (Lipinski definition) is 3. The molecule has 0 bridgehead atoms. The van der Waals surface area contributed by atoms with Crippen LogP contribution >= 0.6 is 0 Å². The Bertz CT molecular complexity index is 547. The molecular formula is C15H14O3. The van der Waals surface area contributed by atoms with Gasteiger partial charge in [-0.2, -0.15) is 0 Å². The van der Waals surface area contributed by atoms with Gasteiger partial charge in [0.05, 0.1) is 13.2 Å². The molecule has 0 amide bonds. The van der Waals surface area contributed by atoms with E-state index in [1.165, 1.54) is 0 Å². The molecule has 0 aliphatic heterocycles. The summed E-state index contributed by atoms with van der Waals surface area (Å²) in [5, 5.41) is 18.3. The number of carbonyl (C=O) groups is 1. The predicted octanol–water partition coefficient (Wildman–Crippen LogP) is 1.90. The number of aliphatic hydroxyl groups is 2. The molecule has 0 saturated carbocycles. The highest BCUT2D eigenvalue weighted by Crippen LogP contribution is 2.16. The van der Waals surface area contributed by atoms with E-state index in [1.807, 2.05) is 18.2 Å². The zero-order valence-corrected chi connectivity index (χ0v) is 9.84. The van der Waals surface area contributed by atoms with Gasteiger partial charge in [0.2, 0.25) is 0 Å². The third-order valence-electron chi connectivity index (χ3n) is 2.85. The van der Waals surface area contributed by atoms with Crippen LogP contribution in [0.2, 0.25) is 0 Å². The van der Waals surface area contributed by atoms with Crippen LogP contribution in [0.25, 0.3) is 0 Å². The van der Waals surface area contributed by atoms with E-state index in [-0.39, 0.29) is 19.0 Å². The Hall–Kier alpha value is -1.97. The van der Waals surface area contributed by atoms with Crippen molar-refractivity contribution in [2.24, 2.45) is 0 Å². The fourth-order valence-corrected chi connectivity index (χ4v) is 1.82. The summed E-state index contributed by atoms with van der Waals surface area (Å²) < 4.78 is 0. The quantitative estimate of drug-likeness (QED) is 0.805. The minimum absolute atomic E-state index is 0.0882. The molecule has 92 valence electrons. The summed E-state index contributed by atoms with van der Waals surface area (Å²) in [4.78, 5) is 12.2. The SMILES string of the molecule is O=C(c1ccccc1)c1ccc(CO)c(CO)c1. The molecule has 3 nitrogen and oxygen atoms in total. The second-order valence-corrected chi connectivity index (χ2v) is 3.99. The first-order chi connectivity index (χ1) is 8.76. The fraction of sp³-hybridized carbons (Fsp3) is 0.133. The molecular weight excluding hydrogens is 228 g/mol. The second-order valence-electron chi connectivity index (χ2n) is 3.99. The first-order valence-corrected chi connectivity index (χ1v) is 5.69. The Labute approximate surface area is 105 Å². The van der Waals surface area contributed by atoms with Gasteiger partial charge in [-0.05, 0) is 17.2 Å². The standard InChI is InChI=1S/C15H14O3/c16-9-13-7-6-12(8-14(13)10-17)15(18)11-4-2-1-3-5-11/h1-8,16-17H,9-10H2. The van der Waals surface area contributed by atoms with E-state index < -0.39 is 0 Å². The smallest absolute Gasteiger partial charge is 0.193 e. The van der Waals surface area contributed by atoms with Gasteiger partial charge >= 0.3 is 0 Å². The molecule has 0 unspecified atom stereocenters. The van der Waals surface area contributed by atoms with Gasteiger partial charge in [-0.3, -0.25) is 4.79 Å². The van der Waals surface area contributed by atoms with Crippen molar-refractivity contribution >= 4 is 5.78 Å². The first kappa shape index (κ1) is 12.5. The van der Waals surface area contributed by atoms with Crippen LogP contribution in [0.15, 0.2) is 48.5 Å². The van der Waals surface area contributed by atoms with Gasteiger partial charge in [0.25, 0.3) is 0 Å². The number of ketones is 1. The summed E-state index contributed by atoms with van der Waals surface area (Å²) in [6, 6.07) is 13.9. The lowest BCUT2D eigenvalue weighted by atomic mass is 9.99. The molecule has 2 N–H and O–H groups in total. The van der Waals surface area contributed by atoms with Crippen LogP contribution in [0.3, 0.4) is 0 Å². The van der Waals surface area contributed by atoms with Gasteiger partial charge in [-0.15, -0.1) is 0 Å². The summed E-state index contributed by atoms with van der Waals surface area (Å²) >= 11 is 0. The maximum absolute atomic E-state index is 12.2. The predicted molar refractivity (Wildman–Crippen MR) is 68.2 cm³/mol. The van der Waals surface area contributed by atoms with Gasteiger partial charge in [-0.1, -0.05) is 42.5 Å². The Morgan fingerprint density at radius 3 is 2.11 bits per heavy atom. The number of aliphatic hydroxyl groups excluding tert-OH is 2. The summed E-state index contributed by atoms with van der Waals surface area (Å²) in [6.45, 7) is -0.332. The number of rotatable bonds is 4. The van der Waals surface area contributed by atoms with Gasteiger partial charge in [0.15, 0.2) is 5.78 Å². The zero-order valence-electron chi connectivity index (χ0n) is 9.84. The van der Waals surface area contributed by atoms with Crippen LogP contribution in [0.5, 0.6) is 0 Å². The Morgan fingerprint density at radius 2 is 1.50 bits per heavy atom. The topological polar surface area (TPSA) is 57.5 Å². The minimum atomic E-state index is -0.189. The average Bonchev–Trinajstić information content (AvgIpc) is 2.46. The average molecular weight is 242 g/mol. The van der Waals surface area contributed by atoms with E-state index in [9.17, 15) is 9.90 Å². The summed E-state index contributed by atoms with van der Waals surface area (Å²) in [6.07, 6.45) is 0. The third-order valence-corrected chi connectivity index (χ3v) is 2.85. The Balaban J connectivity index is 2.37. The molecule has 3 heteroatoms. The van der Waals surface area contributed by atoms with E-state index >= 15 is 0 Å². The summed E-state index contributed by atoms with van der Waals surface area (Å²) in [7, 11) is 0. The highest BCUT2D eigenvalue weighted by atomic mass is 16.3. The highest BCUT2D eigenvalue weighted by Gasteiger charge is 2.10. The molecule has 2 aromatic rings. The summed E-state index contributed by atoms with van der Waals surface area (Å²) in [5.41, 5.74) is 2.35. The van der Waals surface area contributed by atoms with Crippen LogP contribution in [0.1, 0.15) is 27.0 Å². The first-order valence-electron chi connectivity index (χ1n) is 5.69. The van der Waals surface area contributed by atoms with Crippen LogP contribution < -0.4 is 0 Å². The normalized spacial score (nSPS) is 10.3. The lowest BCUT2D eigenvalue weighted by molar-refractivity contribution is 0.103. The van der Waals surface area contributed by atoms with Gasteiger partial charge in [0.1, 0.15) is 0 Å². The van der Waals surface area contributed by atoms with Crippen molar-refractivity contribution in [3.05, 3.63) is 70.8 Å². The molecule has 0 aliphatic rings. The van der Waals surface area contributed by atoms with Crippen molar-refractivity contribution in [1.82, 2.24) is 0 Å². The van der Waals surface area contributed by atoms with Crippen molar-refractivity contribution in [2.45, 2.75) is 13.2 Å². The molecule has 0 spiro atoms. The Kier molecular flexibility index (Phi) is 3.87. The van der Waals surface area contributed by atoms with Gasteiger partial charge in [-0.25, -0.2) is 0 Å². The maximum atomic E-state index is 12.2. The second kappa shape index (κ2) is 5.58. The van der Waals surface area contributed by atoms with Crippen LogP contribution in [0, 0.1) is 0 Å². The minimum Gasteiger partial charge on any atom is -0.392 e. The molecule has 0 atom stereocenters. The Morgan fingerprint density at radius 1 is 0.833 bits per heavy atom.